The Hall–Kier alpha value is -2.66. The largest absolute Gasteiger partial charge is 0.305 e. The van der Waals surface area contributed by atoms with Crippen molar-refractivity contribution in [2.24, 2.45) is 9.98 Å². The molecular weight excluding hydrogens is 293 g/mol. The van der Waals surface area contributed by atoms with Crippen LogP contribution in [0.4, 0.5) is 15.8 Å². The first-order valence-electron chi connectivity index (χ1n) is 6.92. The highest BCUT2D eigenvalue weighted by molar-refractivity contribution is 5.80. The van der Waals surface area contributed by atoms with E-state index >= 15 is 0 Å². The third-order valence-electron chi connectivity index (χ3n) is 2.89. The van der Waals surface area contributed by atoms with Crippen LogP contribution in [-0.4, -0.2) is 38.7 Å². The van der Waals surface area contributed by atoms with E-state index in [1.54, 1.807) is 30.3 Å². The SMILES string of the molecule is C=Nc1ccc(C=O)cc1N=C.CN(C)Cc1ccc(F)cc1. The van der Waals surface area contributed by atoms with Gasteiger partial charge in [-0.15, -0.1) is 0 Å². The molecule has 0 saturated heterocycles. The minimum Gasteiger partial charge on any atom is -0.305 e. The highest BCUT2D eigenvalue weighted by Gasteiger charge is 1.98. The van der Waals surface area contributed by atoms with Crippen LogP contribution >= 0.6 is 0 Å². The van der Waals surface area contributed by atoms with Crippen molar-refractivity contribution in [3.63, 3.8) is 0 Å². The van der Waals surface area contributed by atoms with Crippen LogP contribution in [0, 0.1) is 5.82 Å². The maximum absolute atomic E-state index is 12.4. The summed E-state index contributed by atoms with van der Waals surface area (Å²) in [5.41, 5.74) is 2.91. The number of aliphatic imine (C=N–C) groups is 2. The maximum Gasteiger partial charge on any atom is 0.150 e. The average molecular weight is 313 g/mol. The van der Waals surface area contributed by atoms with Gasteiger partial charge in [0.1, 0.15) is 12.1 Å². The predicted molar refractivity (Wildman–Crippen MR) is 94.0 cm³/mol. The van der Waals surface area contributed by atoms with Gasteiger partial charge in [-0.25, -0.2) is 4.39 Å². The molecule has 0 radical (unpaired) electrons. The summed E-state index contributed by atoms with van der Waals surface area (Å²) in [4.78, 5) is 19.8. The lowest BCUT2D eigenvalue weighted by Gasteiger charge is -2.08. The minimum absolute atomic E-state index is 0.174. The topological polar surface area (TPSA) is 45.0 Å². The molecule has 0 aliphatic heterocycles. The van der Waals surface area contributed by atoms with Gasteiger partial charge in [-0.05, 0) is 63.4 Å². The normalized spacial score (nSPS) is 9.74. The van der Waals surface area contributed by atoms with Crippen LogP contribution in [-0.2, 0) is 6.54 Å². The van der Waals surface area contributed by atoms with Crippen LogP contribution in [0.25, 0.3) is 0 Å². The van der Waals surface area contributed by atoms with Gasteiger partial charge >= 0.3 is 0 Å². The molecule has 0 amide bonds. The Labute approximate surface area is 136 Å². The molecule has 23 heavy (non-hydrogen) atoms. The van der Waals surface area contributed by atoms with Crippen LogP contribution < -0.4 is 0 Å². The molecule has 2 aromatic carbocycles. The number of nitrogens with zero attached hydrogens (tertiary/aromatic N) is 3. The third kappa shape index (κ3) is 6.32. The summed E-state index contributed by atoms with van der Waals surface area (Å²) in [6.45, 7) is 7.59. The summed E-state index contributed by atoms with van der Waals surface area (Å²) >= 11 is 0. The number of carbonyl (C=O) groups is 1. The van der Waals surface area contributed by atoms with Gasteiger partial charge in [-0.1, -0.05) is 12.1 Å². The van der Waals surface area contributed by atoms with E-state index in [0.717, 1.165) is 18.4 Å². The molecule has 0 aliphatic rings. The lowest BCUT2D eigenvalue weighted by Crippen LogP contribution is -2.10. The van der Waals surface area contributed by atoms with Crippen LogP contribution in [0.2, 0.25) is 0 Å². The lowest BCUT2D eigenvalue weighted by molar-refractivity contribution is 0.112. The molecule has 5 heteroatoms. The van der Waals surface area contributed by atoms with Gasteiger partial charge in [0.05, 0.1) is 11.4 Å². The van der Waals surface area contributed by atoms with Crippen LogP contribution in [0.15, 0.2) is 52.4 Å². The second-order valence-electron chi connectivity index (χ2n) is 5.05. The van der Waals surface area contributed by atoms with Gasteiger partial charge in [0, 0.05) is 12.1 Å². The van der Waals surface area contributed by atoms with Gasteiger partial charge in [0.25, 0.3) is 0 Å². The number of benzene rings is 2. The maximum atomic E-state index is 12.4. The Morgan fingerprint density at radius 2 is 1.65 bits per heavy atom. The van der Waals surface area contributed by atoms with E-state index in [-0.39, 0.29) is 5.82 Å². The van der Waals surface area contributed by atoms with Crippen molar-refractivity contribution in [3.05, 3.63) is 59.4 Å². The van der Waals surface area contributed by atoms with Gasteiger partial charge in [0.2, 0.25) is 0 Å². The van der Waals surface area contributed by atoms with Gasteiger partial charge in [-0.2, -0.15) is 0 Å². The van der Waals surface area contributed by atoms with Crippen LogP contribution in [0.5, 0.6) is 0 Å². The van der Waals surface area contributed by atoms with Gasteiger partial charge in [-0.3, -0.25) is 14.8 Å². The zero-order valence-electron chi connectivity index (χ0n) is 13.4. The molecule has 0 atom stereocenters. The van der Waals surface area contributed by atoms with Crippen molar-refractivity contribution in [3.8, 4) is 0 Å². The molecule has 0 aromatic heterocycles. The number of aldehydes is 1. The molecule has 0 N–H and O–H groups in total. The first kappa shape index (κ1) is 18.4. The number of hydrogen-bond donors (Lipinski definition) is 0. The molecule has 0 aliphatic carbocycles. The van der Waals surface area contributed by atoms with Crippen molar-refractivity contribution < 1.29 is 9.18 Å². The Morgan fingerprint density at radius 3 is 2.13 bits per heavy atom. The summed E-state index contributed by atoms with van der Waals surface area (Å²) in [5, 5.41) is 0. The molecule has 0 unspecified atom stereocenters. The van der Waals surface area contributed by atoms with E-state index in [1.165, 1.54) is 12.1 Å². The van der Waals surface area contributed by atoms with Crippen molar-refractivity contribution in [1.29, 1.82) is 0 Å². The molecule has 0 heterocycles. The number of halogens is 1. The Bertz CT molecular complexity index is 666. The van der Waals surface area contributed by atoms with Crippen molar-refractivity contribution in [2.75, 3.05) is 14.1 Å². The molecule has 0 bridgehead atoms. The second kappa shape index (κ2) is 9.38. The Balaban J connectivity index is 0.000000231. The van der Waals surface area contributed by atoms with Crippen LogP contribution in [0.3, 0.4) is 0 Å². The summed E-state index contributed by atoms with van der Waals surface area (Å²) < 4.78 is 12.4. The molecule has 120 valence electrons. The van der Waals surface area contributed by atoms with Crippen molar-refractivity contribution in [2.45, 2.75) is 6.54 Å². The fourth-order valence-electron chi connectivity index (χ4n) is 1.83. The molecule has 0 saturated carbocycles. The smallest absolute Gasteiger partial charge is 0.150 e. The lowest BCUT2D eigenvalue weighted by atomic mass is 10.2. The van der Waals surface area contributed by atoms with Gasteiger partial charge in [0.15, 0.2) is 0 Å². The molecule has 4 nitrogen and oxygen atoms in total. The summed E-state index contributed by atoms with van der Waals surface area (Å²) in [6.07, 6.45) is 0.752. The van der Waals surface area contributed by atoms with E-state index in [4.69, 9.17) is 0 Å². The quantitative estimate of drug-likeness (QED) is 0.617. The highest BCUT2D eigenvalue weighted by Crippen LogP contribution is 2.27. The number of hydrogen-bond acceptors (Lipinski definition) is 4. The van der Waals surface area contributed by atoms with E-state index in [2.05, 4.69) is 23.4 Å². The highest BCUT2D eigenvalue weighted by atomic mass is 19.1. The molecule has 2 rings (SSSR count). The van der Waals surface area contributed by atoms with Crippen molar-refractivity contribution in [1.82, 2.24) is 4.90 Å². The minimum atomic E-state index is -0.174. The molecule has 0 fully saturated rings. The zero-order chi connectivity index (χ0) is 17.2. The summed E-state index contributed by atoms with van der Waals surface area (Å²) in [5.74, 6) is -0.174. The molecule has 0 spiro atoms. The number of carbonyl (C=O) groups excluding carboxylic acids is 1. The predicted octanol–water partition coefficient (Wildman–Crippen LogP) is 4.05. The Kier molecular flexibility index (Phi) is 7.50. The standard InChI is InChI=1S/C9H12FN.C9H8N2O/c1-11(2)7-8-3-5-9(10)6-4-8;1-10-8-4-3-7(6-12)5-9(8)11-2/h3-6H,7H2,1-2H3;3-6H,1-2H2. The second-order valence-corrected chi connectivity index (χ2v) is 5.05. The van der Waals surface area contributed by atoms with E-state index in [0.29, 0.717) is 16.9 Å². The van der Waals surface area contributed by atoms with Crippen molar-refractivity contribution >= 4 is 31.1 Å². The number of rotatable bonds is 5. The Morgan fingerprint density at radius 1 is 1.04 bits per heavy atom. The van der Waals surface area contributed by atoms with Gasteiger partial charge < -0.3 is 4.90 Å². The average Bonchev–Trinajstić information content (AvgIpc) is 2.56. The van der Waals surface area contributed by atoms with E-state index in [9.17, 15) is 9.18 Å². The summed E-state index contributed by atoms with van der Waals surface area (Å²) in [6, 6.07) is 11.5. The third-order valence-corrected chi connectivity index (χ3v) is 2.89. The van der Waals surface area contributed by atoms with E-state index in [1.807, 2.05) is 19.0 Å². The molecule has 2 aromatic rings. The monoisotopic (exact) mass is 313 g/mol. The molecular formula is C18H20FN3O. The fraction of sp³-hybridized carbons (Fsp3) is 0.167. The fourth-order valence-corrected chi connectivity index (χ4v) is 1.83. The van der Waals surface area contributed by atoms with Crippen LogP contribution in [0.1, 0.15) is 15.9 Å². The first-order valence-corrected chi connectivity index (χ1v) is 6.92. The summed E-state index contributed by atoms with van der Waals surface area (Å²) in [7, 11) is 3.98. The zero-order valence-corrected chi connectivity index (χ0v) is 13.4. The van der Waals surface area contributed by atoms with E-state index < -0.39 is 0 Å². The first-order chi connectivity index (χ1) is 11.0.